The van der Waals surface area contributed by atoms with Crippen LogP contribution in [-0.4, -0.2) is 5.91 Å². The molecule has 0 aliphatic rings. The number of nitrogens with zero attached hydrogens (tertiary/aromatic N) is 1. The molecule has 3 nitrogen and oxygen atoms in total. The van der Waals surface area contributed by atoms with Crippen molar-refractivity contribution in [3.8, 4) is 6.07 Å². The summed E-state index contributed by atoms with van der Waals surface area (Å²) < 4.78 is 0. The number of hydrogen-bond acceptors (Lipinski definition) is 3. The fourth-order valence-electron chi connectivity index (χ4n) is 1.51. The highest BCUT2D eigenvalue weighted by Crippen LogP contribution is 2.13. The fraction of sp³-hybridized carbons (Fsp3) is 0.0667. The van der Waals surface area contributed by atoms with Crippen molar-refractivity contribution in [1.29, 1.82) is 5.26 Å². The van der Waals surface area contributed by atoms with Crippen LogP contribution < -0.4 is 5.32 Å². The molecular weight excluding hydrogens is 256 g/mol. The highest BCUT2D eigenvalue weighted by atomic mass is 32.1. The Morgan fingerprint density at radius 2 is 2.05 bits per heavy atom. The molecule has 4 heteroatoms. The lowest BCUT2D eigenvalue weighted by atomic mass is 10.2. The van der Waals surface area contributed by atoms with E-state index in [9.17, 15) is 4.79 Å². The second-order valence-electron chi connectivity index (χ2n) is 4.05. The summed E-state index contributed by atoms with van der Waals surface area (Å²) in [6.07, 6.45) is 1.58. The highest BCUT2D eigenvalue weighted by Gasteiger charge is 2.09. The largest absolute Gasteiger partial charge is 0.321 e. The van der Waals surface area contributed by atoms with Gasteiger partial charge < -0.3 is 5.32 Å². The standard InChI is InChI=1S/C15H12N2OS/c1-11-2-4-14(5-3-11)17-15(18)13(9-16)8-12-6-7-19-10-12/h2-8,10H,1H3,(H,17,18)/b13-8-. The van der Waals surface area contributed by atoms with Gasteiger partial charge in [-0.25, -0.2) is 0 Å². The highest BCUT2D eigenvalue weighted by molar-refractivity contribution is 7.08. The van der Waals surface area contributed by atoms with E-state index in [2.05, 4.69) is 5.32 Å². The Kier molecular flexibility index (Phi) is 4.11. The fourth-order valence-corrected chi connectivity index (χ4v) is 2.13. The number of aryl methyl sites for hydroxylation is 1. The van der Waals surface area contributed by atoms with Crippen LogP contribution in [0.3, 0.4) is 0 Å². The van der Waals surface area contributed by atoms with Gasteiger partial charge in [0.15, 0.2) is 0 Å². The first kappa shape index (κ1) is 13.1. The number of anilines is 1. The van der Waals surface area contributed by atoms with Crippen LogP contribution in [0.2, 0.25) is 0 Å². The summed E-state index contributed by atoms with van der Waals surface area (Å²) in [5.41, 5.74) is 2.76. The zero-order valence-corrected chi connectivity index (χ0v) is 11.2. The zero-order valence-electron chi connectivity index (χ0n) is 10.4. The molecule has 0 saturated heterocycles. The van der Waals surface area contributed by atoms with Crippen LogP contribution >= 0.6 is 11.3 Å². The summed E-state index contributed by atoms with van der Waals surface area (Å²) in [7, 11) is 0. The molecule has 1 heterocycles. The molecule has 1 aromatic heterocycles. The van der Waals surface area contributed by atoms with Crippen molar-refractivity contribution in [3.63, 3.8) is 0 Å². The molecule has 1 amide bonds. The summed E-state index contributed by atoms with van der Waals surface area (Å²) in [6, 6.07) is 11.2. The molecule has 19 heavy (non-hydrogen) atoms. The molecule has 1 N–H and O–H groups in total. The Morgan fingerprint density at radius 1 is 1.32 bits per heavy atom. The predicted octanol–water partition coefficient (Wildman–Crippen LogP) is 3.60. The van der Waals surface area contributed by atoms with Crippen LogP contribution in [0.1, 0.15) is 11.1 Å². The molecule has 0 aliphatic carbocycles. The van der Waals surface area contributed by atoms with Crippen LogP contribution in [0.15, 0.2) is 46.7 Å². The normalized spacial score (nSPS) is 10.8. The molecule has 0 unspecified atom stereocenters. The number of benzene rings is 1. The third-order valence-electron chi connectivity index (χ3n) is 2.53. The van der Waals surface area contributed by atoms with E-state index >= 15 is 0 Å². The molecule has 0 radical (unpaired) electrons. The number of thiophene rings is 1. The second kappa shape index (κ2) is 5.98. The zero-order chi connectivity index (χ0) is 13.7. The molecule has 1 aromatic carbocycles. The maximum atomic E-state index is 12.0. The van der Waals surface area contributed by atoms with E-state index in [1.54, 1.807) is 6.08 Å². The number of amides is 1. The molecule has 0 aliphatic heterocycles. The lowest BCUT2D eigenvalue weighted by molar-refractivity contribution is -0.112. The maximum Gasteiger partial charge on any atom is 0.266 e. The van der Waals surface area contributed by atoms with Crippen LogP contribution in [0.25, 0.3) is 6.08 Å². The van der Waals surface area contributed by atoms with Gasteiger partial charge in [0.1, 0.15) is 11.6 Å². The molecule has 0 bridgehead atoms. The lowest BCUT2D eigenvalue weighted by Gasteiger charge is -2.04. The van der Waals surface area contributed by atoms with E-state index in [1.165, 1.54) is 11.3 Å². The van der Waals surface area contributed by atoms with Crippen molar-refractivity contribution in [2.75, 3.05) is 5.32 Å². The number of carbonyl (C=O) groups excluding carboxylic acids is 1. The number of hydrogen-bond donors (Lipinski definition) is 1. The van der Waals surface area contributed by atoms with Gasteiger partial charge in [0, 0.05) is 5.69 Å². The van der Waals surface area contributed by atoms with Gasteiger partial charge in [-0.05, 0) is 47.5 Å². The first-order chi connectivity index (χ1) is 9.19. The Bertz CT molecular complexity index is 634. The Hall–Kier alpha value is -2.38. The third kappa shape index (κ3) is 3.54. The summed E-state index contributed by atoms with van der Waals surface area (Å²) in [5, 5.41) is 15.5. The average Bonchev–Trinajstić information content (AvgIpc) is 2.91. The van der Waals surface area contributed by atoms with E-state index in [0.717, 1.165) is 11.1 Å². The van der Waals surface area contributed by atoms with Crippen LogP contribution in [-0.2, 0) is 4.79 Å². The molecule has 2 aromatic rings. The minimum Gasteiger partial charge on any atom is -0.321 e. The minimum absolute atomic E-state index is 0.0963. The SMILES string of the molecule is Cc1ccc(NC(=O)/C(C#N)=C\c2ccsc2)cc1. The van der Waals surface area contributed by atoms with E-state index in [0.29, 0.717) is 5.69 Å². The van der Waals surface area contributed by atoms with E-state index in [-0.39, 0.29) is 5.57 Å². The van der Waals surface area contributed by atoms with E-state index in [4.69, 9.17) is 5.26 Å². The van der Waals surface area contributed by atoms with Crippen LogP contribution in [0.4, 0.5) is 5.69 Å². The average molecular weight is 268 g/mol. The number of nitriles is 1. The van der Waals surface area contributed by atoms with Crippen LogP contribution in [0, 0.1) is 18.3 Å². The Morgan fingerprint density at radius 3 is 2.63 bits per heavy atom. The number of carbonyl (C=O) groups is 1. The Balaban J connectivity index is 2.14. The van der Waals surface area contributed by atoms with Gasteiger partial charge in [0.2, 0.25) is 0 Å². The second-order valence-corrected chi connectivity index (χ2v) is 4.83. The molecule has 0 atom stereocenters. The summed E-state index contributed by atoms with van der Waals surface area (Å²) in [5.74, 6) is -0.391. The number of nitrogens with one attached hydrogen (secondary N) is 1. The van der Waals surface area contributed by atoms with Gasteiger partial charge in [0.05, 0.1) is 0 Å². The van der Waals surface area contributed by atoms with Crippen molar-refractivity contribution in [1.82, 2.24) is 0 Å². The van der Waals surface area contributed by atoms with Crippen molar-refractivity contribution in [3.05, 3.63) is 57.8 Å². The summed E-state index contributed by atoms with van der Waals surface area (Å²) in [4.78, 5) is 12.0. The van der Waals surface area contributed by atoms with Crippen molar-refractivity contribution >= 4 is 29.0 Å². The molecule has 0 spiro atoms. The Labute approximate surface area is 115 Å². The van der Waals surface area contributed by atoms with Gasteiger partial charge in [-0.1, -0.05) is 17.7 Å². The van der Waals surface area contributed by atoms with Crippen molar-refractivity contribution in [2.24, 2.45) is 0 Å². The maximum absolute atomic E-state index is 12.0. The molecular formula is C15H12N2OS. The molecule has 0 fully saturated rings. The van der Waals surface area contributed by atoms with Gasteiger partial charge in [-0.3, -0.25) is 4.79 Å². The number of rotatable bonds is 3. The first-order valence-electron chi connectivity index (χ1n) is 5.71. The monoisotopic (exact) mass is 268 g/mol. The predicted molar refractivity (Wildman–Crippen MR) is 77.7 cm³/mol. The topological polar surface area (TPSA) is 52.9 Å². The van der Waals surface area contributed by atoms with Gasteiger partial charge in [-0.2, -0.15) is 16.6 Å². The molecule has 0 saturated carbocycles. The van der Waals surface area contributed by atoms with Crippen LogP contribution in [0.5, 0.6) is 0 Å². The van der Waals surface area contributed by atoms with Crippen molar-refractivity contribution < 1.29 is 4.79 Å². The smallest absolute Gasteiger partial charge is 0.266 e. The summed E-state index contributed by atoms with van der Waals surface area (Å²) >= 11 is 1.52. The van der Waals surface area contributed by atoms with Gasteiger partial charge in [-0.15, -0.1) is 0 Å². The van der Waals surface area contributed by atoms with E-state index in [1.807, 2.05) is 54.1 Å². The van der Waals surface area contributed by atoms with Gasteiger partial charge in [0.25, 0.3) is 5.91 Å². The molecule has 94 valence electrons. The lowest BCUT2D eigenvalue weighted by Crippen LogP contribution is -2.13. The van der Waals surface area contributed by atoms with Crippen molar-refractivity contribution in [2.45, 2.75) is 6.92 Å². The quantitative estimate of drug-likeness (QED) is 0.683. The first-order valence-corrected chi connectivity index (χ1v) is 6.65. The molecule has 2 rings (SSSR count). The van der Waals surface area contributed by atoms with E-state index < -0.39 is 5.91 Å². The third-order valence-corrected chi connectivity index (χ3v) is 3.23. The summed E-state index contributed by atoms with van der Waals surface area (Å²) in [6.45, 7) is 1.97. The van der Waals surface area contributed by atoms with Gasteiger partial charge >= 0.3 is 0 Å². The minimum atomic E-state index is -0.391.